The van der Waals surface area contributed by atoms with Crippen LogP contribution in [-0.2, 0) is 9.59 Å². The molecule has 2 heterocycles. The van der Waals surface area contributed by atoms with Crippen LogP contribution >= 0.6 is 35.7 Å². The van der Waals surface area contributed by atoms with Gasteiger partial charge in [-0.2, -0.15) is 0 Å². The van der Waals surface area contributed by atoms with E-state index in [1.54, 1.807) is 22.7 Å². The summed E-state index contributed by atoms with van der Waals surface area (Å²) in [5.74, 6) is 0.164. The Bertz CT molecular complexity index is 1020. The Morgan fingerprint density at radius 3 is 2.73 bits per heavy atom. The summed E-state index contributed by atoms with van der Waals surface area (Å²) in [5.41, 5.74) is 0.990. The molecular weight excluding hydrogens is 438 g/mol. The highest BCUT2D eigenvalue weighted by atomic mass is 32.2. The van der Waals surface area contributed by atoms with E-state index in [1.165, 1.54) is 11.8 Å². The van der Waals surface area contributed by atoms with E-state index in [1.807, 2.05) is 36.6 Å². The molecule has 156 valence electrons. The van der Waals surface area contributed by atoms with Gasteiger partial charge in [-0.25, -0.2) is 0 Å². The number of carboxylic acid groups (broad SMARTS) is 1. The Morgan fingerprint density at radius 1 is 1.27 bits per heavy atom. The zero-order valence-electron chi connectivity index (χ0n) is 16.4. The number of carboxylic acids is 1. The second kappa shape index (κ2) is 8.99. The molecule has 1 aliphatic carbocycles. The molecule has 8 heteroatoms. The Labute approximate surface area is 188 Å². The molecule has 1 aromatic carbocycles. The van der Waals surface area contributed by atoms with Gasteiger partial charge in [0.1, 0.15) is 15.8 Å². The smallest absolute Gasteiger partial charge is 0.306 e. The summed E-state index contributed by atoms with van der Waals surface area (Å²) in [6, 6.07) is 11.8. The van der Waals surface area contributed by atoms with E-state index in [4.69, 9.17) is 16.6 Å². The fraction of sp³-hybridized carbons (Fsp3) is 0.318. The summed E-state index contributed by atoms with van der Waals surface area (Å²) in [7, 11) is 0. The molecule has 0 unspecified atom stereocenters. The minimum absolute atomic E-state index is 0.0274. The molecule has 2 fully saturated rings. The van der Waals surface area contributed by atoms with E-state index in [0.29, 0.717) is 40.7 Å². The quantitative estimate of drug-likeness (QED) is 0.359. The van der Waals surface area contributed by atoms with E-state index < -0.39 is 5.97 Å². The third kappa shape index (κ3) is 4.36. The molecule has 0 spiro atoms. The van der Waals surface area contributed by atoms with Crippen LogP contribution in [0, 0.1) is 5.92 Å². The second-order valence-electron chi connectivity index (χ2n) is 7.33. The Balaban J connectivity index is 1.49. The SMILES string of the molecule is CSc1cccc(-c2ccc(/C=C3/SC(=S)N(C4CCC(C(=O)O)CC4)C3=O)o2)c1. The molecule has 0 radical (unpaired) electrons. The molecule has 5 nitrogen and oxygen atoms in total. The molecule has 1 aromatic heterocycles. The lowest BCUT2D eigenvalue weighted by molar-refractivity contribution is -0.143. The molecular formula is C22H21NO4S3. The van der Waals surface area contributed by atoms with Crippen molar-refractivity contribution in [3.63, 3.8) is 0 Å². The van der Waals surface area contributed by atoms with Crippen LogP contribution in [0.3, 0.4) is 0 Å². The van der Waals surface area contributed by atoms with E-state index >= 15 is 0 Å². The number of amides is 1. The highest BCUT2D eigenvalue weighted by Gasteiger charge is 2.39. The van der Waals surface area contributed by atoms with Crippen LogP contribution in [0.5, 0.6) is 0 Å². The molecule has 1 saturated heterocycles. The standard InChI is InChI=1S/C22H21NO4S3/c1-29-17-4-2-3-14(11-17)18-10-9-16(27-18)12-19-20(24)23(22(28)30-19)15-7-5-13(6-8-15)21(25)26/h2-4,9-13,15H,5-8H2,1H3,(H,25,26)/b19-12+. The number of aliphatic carboxylic acids is 1. The minimum Gasteiger partial charge on any atom is -0.481 e. The number of nitrogens with zero attached hydrogens (tertiary/aromatic N) is 1. The van der Waals surface area contributed by atoms with Gasteiger partial charge in [-0.1, -0.05) is 36.1 Å². The highest BCUT2D eigenvalue weighted by molar-refractivity contribution is 8.26. The van der Waals surface area contributed by atoms with Gasteiger partial charge in [0.25, 0.3) is 5.91 Å². The maximum Gasteiger partial charge on any atom is 0.306 e. The normalized spacial score (nSPS) is 23.4. The zero-order chi connectivity index (χ0) is 21.3. The third-order valence-corrected chi connectivity index (χ3v) is 7.54. The number of thiocarbonyl (C=S) groups is 1. The number of hydrogen-bond donors (Lipinski definition) is 1. The van der Waals surface area contributed by atoms with Crippen molar-refractivity contribution in [2.45, 2.75) is 36.6 Å². The van der Waals surface area contributed by atoms with Crippen LogP contribution in [0.4, 0.5) is 0 Å². The number of furan rings is 1. The van der Waals surface area contributed by atoms with Crippen LogP contribution in [0.2, 0.25) is 0 Å². The van der Waals surface area contributed by atoms with Crippen molar-refractivity contribution in [1.82, 2.24) is 4.90 Å². The van der Waals surface area contributed by atoms with E-state index in [-0.39, 0.29) is 17.9 Å². The van der Waals surface area contributed by atoms with Crippen LogP contribution < -0.4 is 0 Å². The fourth-order valence-corrected chi connectivity index (χ4v) is 5.71. The first-order valence-electron chi connectivity index (χ1n) is 9.70. The molecule has 2 aromatic rings. The first-order chi connectivity index (χ1) is 14.5. The molecule has 0 atom stereocenters. The molecule has 1 N–H and O–H groups in total. The lowest BCUT2D eigenvalue weighted by Crippen LogP contribution is -2.41. The second-order valence-corrected chi connectivity index (χ2v) is 9.88. The molecule has 1 aliphatic heterocycles. The number of carbonyl (C=O) groups is 2. The first-order valence-corrected chi connectivity index (χ1v) is 12.2. The monoisotopic (exact) mass is 459 g/mol. The summed E-state index contributed by atoms with van der Waals surface area (Å²) < 4.78 is 6.49. The topological polar surface area (TPSA) is 70.8 Å². The minimum atomic E-state index is -0.754. The van der Waals surface area contributed by atoms with Crippen molar-refractivity contribution < 1.29 is 19.1 Å². The van der Waals surface area contributed by atoms with Gasteiger partial charge in [0.05, 0.1) is 10.8 Å². The van der Waals surface area contributed by atoms with Gasteiger partial charge < -0.3 is 9.52 Å². The lowest BCUT2D eigenvalue weighted by Gasteiger charge is -2.32. The maximum absolute atomic E-state index is 13.0. The van der Waals surface area contributed by atoms with Gasteiger partial charge in [0, 0.05) is 22.6 Å². The lowest BCUT2D eigenvalue weighted by atomic mass is 9.85. The summed E-state index contributed by atoms with van der Waals surface area (Å²) in [6.45, 7) is 0. The van der Waals surface area contributed by atoms with E-state index in [9.17, 15) is 14.7 Å². The molecule has 0 bridgehead atoms. The van der Waals surface area contributed by atoms with Crippen LogP contribution in [0.25, 0.3) is 17.4 Å². The van der Waals surface area contributed by atoms with Crippen molar-refractivity contribution in [2.75, 3.05) is 6.26 Å². The van der Waals surface area contributed by atoms with Gasteiger partial charge in [-0.3, -0.25) is 14.5 Å². The predicted molar refractivity (Wildman–Crippen MR) is 124 cm³/mol. The molecule has 4 rings (SSSR count). The number of rotatable bonds is 5. The number of hydrogen-bond acceptors (Lipinski definition) is 6. The summed E-state index contributed by atoms with van der Waals surface area (Å²) in [6.07, 6.45) is 6.24. The van der Waals surface area contributed by atoms with E-state index in [0.717, 1.165) is 16.2 Å². The summed E-state index contributed by atoms with van der Waals surface area (Å²) in [4.78, 5) is 27.5. The van der Waals surface area contributed by atoms with Crippen molar-refractivity contribution >= 4 is 58.0 Å². The summed E-state index contributed by atoms with van der Waals surface area (Å²) in [5, 5.41) is 9.18. The van der Waals surface area contributed by atoms with Crippen LogP contribution in [0.1, 0.15) is 31.4 Å². The Hall–Kier alpha value is -2.03. The van der Waals surface area contributed by atoms with Crippen molar-refractivity contribution in [1.29, 1.82) is 0 Å². The van der Waals surface area contributed by atoms with Crippen LogP contribution in [0.15, 0.2) is 50.6 Å². The molecule has 30 heavy (non-hydrogen) atoms. The van der Waals surface area contributed by atoms with Gasteiger partial charge in [-0.15, -0.1) is 11.8 Å². The molecule has 1 amide bonds. The number of carbonyl (C=O) groups excluding carboxylic acids is 1. The van der Waals surface area contributed by atoms with Crippen molar-refractivity contribution in [2.24, 2.45) is 5.92 Å². The van der Waals surface area contributed by atoms with Gasteiger partial charge in [-0.05, 0) is 56.2 Å². The van der Waals surface area contributed by atoms with Gasteiger partial charge >= 0.3 is 5.97 Å². The first kappa shape index (κ1) is 21.2. The van der Waals surface area contributed by atoms with E-state index in [2.05, 4.69) is 6.07 Å². The van der Waals surface area contributed by atoms with Gasteiger partial charge in [0.2, 0.25) is 0 Å². The molecule has 1 saturated carbocycles. The molecule has 2 aliphatic rings. The predicted octanol–water partition coefficient (Wildman–Crippen LogP) is 5.51. The van der Waals surface area contributed by atoms with Crippen molar-refractivity contribution in [3.8, 4) is 11.3 Å². The van der Waals surface area contributed by atoms with Crippen LogP contribution in [-0.4, -0.2) is 38.5 Å². The fourth-order valence-electron chi connectivity index (χ4n) is 3.87. The van der Waals surface area contributed by atoms with Gasteiger partial charge in [0.15, 0.2) is 0 Å². The third-order valence-electron chi connectivity index (χ3n) is 5.49. The average Bonchev–Trinajstić information content (AvgIpc) is 3.32. The largest absolute Gasteiger partial charge is 0.481 e. The summed E-state index contributed by atoms with van der Waals surface area (Å²) >= 11 is 8.41. The Kier molecular flexibility index (Phi) is 6.36. The zero-order valence-corrected chi connectivity index (χ0v) is 18.8. The maximum atomic E-state index is 13.0. The Morgan fingerprint density at radius 2 is 2.03 bits per heavy atom. The highest BCUT2D eigenvalue weighted by Crippen LogP contribution is 2.39. The number of benzene rings is 1. The number of thioether (sulfide) groups is 2. The van der Waals surface area contributed by atoms with Crippen molar-refractivity contribution in [3.05, 3.63) is 47.1 Å². The average molecular weight is 460 g/mol.